The first-order chi connectivity index (χ1) is 20.5. The van der Waals surface area contributed by atoms with Gasteiger partial charge in [0.25, 0.3) is 11.5 Å². The maximum atomic E-state index is 13.0. The number of piperidine rings is 1. The molecule has 2 aliphatic rings. The van der Waals surface area contributed by atoms with Gasteiger partial charge in [-0.25, -0.2) is 13.1 Å². The highest BCUT2D eigenvalue weighted by Crippen LogP contribution is 2.38. The lowest BCUT2D eigenvalue weighted by Crippen LogP contribution is -2.46. The number of nitrogens with one attached hydrogen (secondary N) is 3. The number of rotatable bonds is 11. The molecule has 0 spiro atoms. The fourth-order valence-electron chi connectivity index (χ4n) is 5.09. The number of aromatic nitrogens is 1. The monoisotopic (exact) mass is 650 g/mol. The van der Waals surface area contributed by atoms with Gasteiger partial charge in [-0.2, -0.15) is 0 Å². The van der Waals surface area contributed by atoms with Crippen LogP contribution in [0.4, 0.5) is 0 Å². The molecule has 0 bridgehead atoms. The molecule has 0 unspecified atom stereocenters. The van der Waals surface area contributed by atoms with E-state index >= 15 is 0 Å². The van der Waals surface area contributed by atoms with Gasteiger partial charge < -0.3 is 19.8 Å². The van der Waals surface area contributed by atoms with Crippen molar-refractivity contribution in [3.05, 3.63) is 68.6 Å². The van der Waals surface area contributed by atoms with Crippen molar-refractivity contribution in [2.75, 3.05) is 26.2 Å². The average molecular weight is 652 g/mol. The number of sulfonamides is 1. The summed E-state index contributed by atoms with van der Waals surface area (Å²) in [6, 6.07) is 9.75. The SMILES string of the molecule is CC(=O)O[C@H](CNC(=O)c1c[nH]c(=O)c2ccccc12)CN1CCC(Oc2ccc(Cl)c(Cl)c2S(=O)(=O)NC2CC2)CC1. The van der Waals surface area contributed by atoms with E-state index < -0.39 is 28.0 Å². The van der Waals surface area contributed by atoms with Crippen LogP contribution in [-0.4, -0.2) is 74.6 Å². The minimum Gasteiger partial charge on any atom is -0.489 e. The summed E-state index contributed by atoms with van der Waals surface area (Å²) in [6.45, 7) is 2.93. The number of pyridine rings is 1. The molecule has 2 heterocycles. The summed E-state index contributed by atoms with van der Waals surface area (Å²) in [5, 5.41) is 3.79. The highest BCUT2D eigenvalue weighted by atomic mass is 35.5. The summed E-state index contributed by atoms with van der Waals surface area (Å²) in [7, 11) is -3.92. The van der Waals surface area contributed by atoms with Crippen molar-refractivity contribution >= 4 is 55.9 Å². The Morgan fingerprint density at radius 2 is 1.77 bits per heavy atom. The number of carbonyl (C=O) groups excluding carboxylic acids is 2. The van der Waals surface area contributed by atoms with Gasteiger partial charge in [0.15, 0.2) is 0 Å². The highest BCUT2D eigenvalue weighted by Gasteiger charge is 2.33. The molecular formula is C29H32Cl2N4O7S. The van der Waals surface area contributed by atoms with Crippen LogP contribution in [0.2, 0.25) is 10.0 Å². The van der Waals surface area contributed by atoms with Crippen LogP contribution in [0.5, 0.6) is 5.75 Å². The Bertz CT molecular complexity index is 1690. The second kappa shape index (κ2) is 13.2. The minimum atomic E-state index is -3.92. The molecule has 11 nitrogen and oxygen atoms in total. The standard InChI is InChI=1S/C29H32Cl2N4O7S/c1-17(36)41-20(14-32-29(38)23-15-33-28(37)22-5-3-2-4-21(22)23)16-35-12-10-19(11-13-35)42-25-9-8-24(30)26(31)27(25)43(39,40)34-18-6-7-18/h2-5,8-9,15,18-20,34H,6-7,10-14,16H2,1H3,(H,32,38)(H,33,37)/t20-/m1/s1. The van der Waals surface area contributed by atoms with Gasteiger partial charge in [0.05, 0.1) is 22.2 Å². The molecule has 1 aliphatic heterocycles. The molecule has 1 saturated heterocycles. The molecule has 3 aromatic rings. The lowest BCUT2D eigenvalue weighted by Gasteiger charge is -2.34. The fourth-order valence-corrected chi connectivity index (χ4v) is 7.28. The zero-order valence-electron chi connectivity index (χ0n) is 23.4. The Labute approximate surface area is 258 Å². The molecule has 1 aromatic heterocycles. The van der Waals surface area contributed by atoms with Crippen LogP contribution in [-0.2, 0) is 19.6 Å². The van der Waals surface area contributed by atoms with Gasteiger partial charge in [0, 0.05) is 49.6 Å². The van der Waals surface area contributed by atoms with Gasteiger partial charge in [-0.1, -0.05) is 41.4 Å². The number of nitrogens with zero attached hydrogens (tertiary/aromatic N) is 1. The third-order valence-corrected chi connectivity index (χ3v) is 9.85. The lowest BCUT2D eigenvalue weighted by atomic mass is 10.1. The van der Waals surface area contributed by atoms with Crippen molar-refractivity contribution in [2.24, 2.45) is 0 Å². The first-order valence-corrected chi connectivity index (χ1v) is 16.2. The van der Waals surface area contributed by atoms with Crippen molar-refractivity contribution in [1.82, 2.24) is 19.9 Å². The Balaban J connectivity index is 1.19. The predicted molar refractivity (Wildman–Crippen MR) is 162 cm³/mol. The largest absolute Gasteiger partial charge is 0.489 e. The number of fused-ring (bicyclic) bond motifs is 1. The smallest absolute Gasteiger partial charge is 0.303 e. The maximum Gasteiger partial charge on any atom is 0.303 e. The molecule has 0 radical (unpaired) electrons. The van der Waals surface area contributed by atoms with Crippen LogP contribution >= 0.6 is 23.2 Å². The summed E-state index contributed by atoms with van der Waals surface area (Å²) in [6.07, 6.45) is 3.19. The van der Waals surface area contributed by atoms with Crippen LogP contribution < -0.4 is 20.3 Å². The van der Waals surface area contributed by atoms with Gasteiger partial charge in [-0.15, -0.1) is 0 Å². The predicted octanol–water partition coefficient (Wildman–Crippen LogP) is 3.48. The number of benzene rings is 2. The summed E-state index contributed by atoms with van der Waals surface area (Å²) in [4.78, 5) is 41.5. The molecule has 230 valence electrons. The number of hydrogen-bond donors (Lipinski definition) is 3. The van der Waals surface area contributed by atoms with E-state index in [-0.39, 0.29) is 44.9 Å². The molecule has 2 fully saturated rings. The molecule has 2 aromatic carbocycles. The zero-order chi connectivity index (χ0) is 30.7. The van der Waals surface area contributed by atoms with Crippen molar-refractivity contribution in [3.8, 4) is 5.75 Å². The van der Waals surface area contributed by atoms with E-state index in [2.05, 4.69) is 19.9 Å². The highest BCUT2D eigenvalue weighted by molar-refractivity contribution is 7.89. The molecule has 43 heavy (non-hydrogen) atoms. The van der Waals surface area contributed by atoms with Crippen LogP contribution in [0.3, 0.4) is 0 Å². The first-order valence-electron chi connectivity index (χ1n) is 14.0. The topological polar surface area (TPSA) is 147 Å². The number of amides is 1. The van der Waals surface area contributed by atoms with Crippen molar-refractivity contribution in [3.63, 3.8) is 0 Å². The summed E-state index contributed by atoms with van der Waals surface area (Å²) < 4.78 is 40.3. The minimum absolute atomic E-state index is 0.0702. The van der Waals surface area contributed by atoms with E-state index in [4.69, 9.17) is 32.7 Å². The number of carbonyl (C=O) groups is 2. The summed E-state index contributed by atoms with van der Waals surface area (Å²) in [5.74, 6) is -0.725. The first kappa shape index (κ1) is 31.3. The van der Waals surface area contributed by atoms with Crippen molar-refractivity contribution in [2.45, 2.75) is 55.8 Å². The van der Waals surface area contributed by atoms with Gasteiger partial charge >= 0.3 is 5.97 Å². The van der Waals surface area contributed by atoms with Gasteiger partial charge in [-0.3, -0.25) is 19.3 Å². The Morgan fingerprint density at radius 3 is 2.44 bits per heavy atom. The number of esters is 1. The summed E-state index contributed by atoms with van der Waals surface area (Å²) in [5.41, 5.74) is 0.0232. The number of likely N-dealkylation sites (tertiary alicyclic amines) is 1. The fraction of sp³-hybridized carbons (Fsp3) is 0.414. The van der Waals surface area contributed by atoms with Crippen LogP contribution in [0, 0.1) is 0 Å². The van der Waals surface area contributed by atoms with Gasteiger partial charge in [0.2, 0.25) is 10.0 Å². The molecule has 3 N–H and O–H groups in total. The van der Waals surface area contributed by atoms with E-state index in [0.717, 1.165) is 12.8 Å². The van der Waals surface area contributed by atoms with Crippen molar-refractivity contribution in [1.29, 1.82) is 0 Å². The Kier molecular flexibility index (Phi) is 9.62. The average Bonchev–Trinajstić information content (AvgIpc) is 3.78. The number of hydrogen-bond acceptors (Lipinski definition) is 8. The number of aromatic amines is 1. The molecule has 1 aliphatic carbocycles. The second-order valence-corrected chi connectivity index (χ2v) is 13.2. The second-order valence-electron chi connectivity index (χ2n) is 10.7. The van der Waals surface area contributed by atoms with Crippen LogP contribution in [0.25, 0.3) is 10.8 Å². The Morgan fingerprint density at radius 1 is 1.07 bits per heavy atom. The summed E-state index contributed by atoms with van der Waals surface area (Å²) >= 11 is 12.5. The molecule has 5 rings (SSSR count). The van der Waals surface area contributed by atoms with Crippen molar-refractivity contribution < 1.29 is 27.5 Å². The number of halogens is 2. The quantitative estimate of drug-likeness (QED) is 0.267. The van der Waals surface area contributed by atoms with E-state index in [1.54, 1.807) is 24.3 Å². The van der Waals surface area contributed by atoms with E-state index in [1.807, 2.05) is 0 Å². The lowest BCUT2D eigenvalue weighted by molar-refractivity contribution is -0.147. The molecule has 1 saturated carbocycles. The Hall–Kier alpha value is -3.16. The third kappa shape index (κ3) is 7.68. The maximum absolute atomic E-state index is 13.0. The van der Waals surface area contributed by atoms with E-state index in [0.29, 0.717) is 48.8 Å². The van der Waals surface area contributed by atoms with Gasteiger partial charge in [-0.05, 0) is 43.9 Å². The number of ether oxygens (including phenoxy) is 2. The normalized spacial score (nSPS) is 17.0. The van der Waals surface area contributed by atoms with E-state index in [1.165, 1.54) is 25.3 Å². The van der Waals surface area contributed by atoms with Crippen LogP contribution in [0.15, 0.2) is 52.3 Å². The third-order valence-electron chi connectivity index (χ3n) is 7.35. The zero-order valence-corrected chi connectivity index (χ0v) is 25.7. The molecule has 1 atom stereocenters. The molecular weight excluding hydrogens is 619 g/mol. The molecule has 14 heteroatoms. The number of H-pyrrole nitrogens is 1. The van der Waals surface area contributed by atoms with Crippen LogP contribution in [0.1, 0.15) is 43.0 Å². The van der Waals surface area contributed by atoms with Gasteiger partial charge in [0.1, 0.15) is 22.9 Å². The van der Waals surface area contributed by atoms with E-state index in [9.17, 15) is 22.8 Å². The molecule has 1 amide bonds.